The Bertz CT molecular complexity index is 1650. The topological polar surface area (TPSA) is 27.7 Å². The lowest BCUT2D eigenvalue weighted by Gasteiger charge is -2.25. The fourth-order valence-electron chi connectivity index (χ4n) is 6.26. The SMILES string of the molecule is CCCCOc1ccc(C2=CCC(COc3ccc(C4CC=C(c5ccc(OCCCC)c(F)c5F)CC4)c(F)c3F)CC2)c(F)c1F. The van der Waals surface area contributed by atoms with E-state index in [-0.39, 0.29) is 52.4 Å². The molecule has 3 nitrogen and oxygen atoms in total. The Hall–Kier alpha value is -3.88. The second kappa shape index (κ2) is 16.5. The average Bonchev–Trinajstić information content (AvgIpc) is 3.10. The Balaban J connectivity index is 1.17. The minimum atomic E-state index is -1.07. The monoisotopic (exact) mass is 672 g/mol. The zero-order valence-electron chi connectivity index (χ0n) is 27.5. The van der Waals surface area contributed by atoms with Gasteiger partial charge in [0.05, 0.1) is 19.8 Å². The molecule has 0 saturated heterocycles. The second-order valence-corrected chi connectivity index (χ2v) is 12.5. The molecule has 5 rings (SSSR count). The molecule has 0 bridgehead atoms. The Labute approximate surface area is 278 Å². The second-order valence-electron chi connectivity index (χ2n) is 12.5. The number of allylic oxidation sites excluding steroid dienone is 4. The lowest BCUT2D eigenvalue weighted by Crippen LogP contribution is -2.16. The van der Waals surface area contributed by atoms with Gasteiger partial charge >= 0.3 is 0 Å². The summed E-state index contributed by atoms with van der Waals surface area (Å²) in [6.45, 7) is 4.72. The molecule has 258 valence electrons. The Morgan fingerprint density at radius 1 is 0.562 bits per heavy atom. The van der Waals surface area contributed by atoms with Crippen LogP contribution in [-0.2, 0) is 0 Å². The smallest absolute Gasteiger partial charge is 0.201 e. The van der Waals surface area contributed by atoms with Crippen molar-refractivity contribution in [2.45, 2.75) is 84.0 Å². The van der Waals surface area contributed by atoms with Gasteiger partial charge in [0.1, 0.15) is 0 Å². The first-order valence-electron chi connectivity index (χ1n) is 16.9. The van der Waals surface area contributed by atoms with E-state index >= 15 is 8.78 Å². The van der Waals surface area contributed by atoms with Crippen molar-refractivity contribution in [3.05, 3.63) is 100 Å². The van der Waals surface area contributed by atoms with Gasteiger partial charge in [-0.05, 0) is 110 Å². The third-order valence-electron chi connectivity index (χ3n) is 9.22. The summed E-state index contributed by atoms with van der Waals surface area (Å²) >= 11 is 0. The standard InChI is InChI=1S/C39H42F6O3/c1-3-5-21-46-31-18-15-28(34(40)37(31)43)25-9-7-24(8-10-25)23-48-33-20-17-30(36(42)39(33)45)27-13-11-26(12-14-27)29-16-19-32(38(44)35(29)41)47-22-6-4-2/h9,11,15-20,24,27H,3-8,10,12-14,21-23H2,1-2H3. The van der Waals surface area contributed by atoms with Crippen molar-refractivity contribution in [2.75, 3.05) is 19.8 Å². The summed E-state index contributed by atoms with van der Waals surface area (Å²) in [5, 5.41) is 0. The molecular formula is C39H42F6O3. The maximum atomic E-state index is 15.3. The average molecular weight is 673 g/mol. The van der Waals surface area contributed by atoms with E-state index < -0.39 is 34.9 Å². The first-order valence-corrected chi connectivity index (χ1v) is 16.9. The van der Waals surface area contributed by atoms with Crippen molar-refractivity contribution in [3.8, 4) is 17.2 Å². The van der Waals surface area contributed by atoms with Gasteiger partial charge in [-0.25, -0.2) is 13.2 Å². The predicted octanol–water partition coefficient (Wildman–Crippen LogP) is 11.5. The van der Waals surface area contributed by atoms with E-state index in [1.807, 2.05) is 19.9 Å². The third-order valence-corrected chi connectivity index (χ3v) is 9.22. The normalized spacial score (nSPS) is 17.9. The number of unbranched alkanes of at least 4 members (excludes halogenated alkanes) is 2. The van der Waals surface area contributed by atoms with Gasteiger partial charge in [0.2, 0.25) is 17.5 Å². The Kier molecular flexibility index (Phi) is 12.2. The first-order chi connectivity index (χ1) is 23.2. The minimum Gasteiger partial charge on any atom is -0.490 e. The van der Waals surface area contributed by atoms with E-state index in [0.29, 0.717) is 62.9 Å². The Morgan fingerprint density at radius 3 is 1.56 bits per heavy atom. The van der Waals surface area contributed by atoms with Crippen molar-refractivity contribution in [3.63, 3.8) is 0 Å². The zero-order chi connectivity index (χ0) is 34.2. The highest BCUT2D eigenvalue weighted by Crippen LogP contribution is 2.41. The lowest BCUT2D eigenvalue weighted by molar-refractivity contribution is 0.228. The molecular weight excluding hydrogens is 630 g/mol. The van der Waals surface area contributed by atoms with Crippen LogP contribution in [0.4, 0.5) is 26.3 Å². The van der Waals surface area contributed by atoms with Crippen LogP contribution < -0.4 is 14.2 Å². The first kappa shape index (κ1) is 35.4. The van der Waals surface area contributed by atoms with Gasteiger partial charge in [0.15, 0.2) is 34.7 Å². The number of halogens is 6. The molecule has 0 aliphatic heterocycles. The van der Waals surface area contributed by atoms with E-state index in [4.69, 9.17) is 14.2 Å². The number of hydrogen-bond donors (Lipinski definition) is 0. The molecule has 0 amide bonds. The van der Waals surface area contributed by atoms with E-state index in [0.717, 1.165) is 25.7 Å². The van der Waals surface area contributed by atoms with Crippen molar-refractivity contribution < 1.29 is 40.6 Å². The van der Waals surface area contributed by atoms with Crippen molar-refractivity contribution in [1.82, 2.24) is 0 Å². The summed E-state index contributed by atoms with van der Waals surface area (Å²) in [5.41, 5.74) is 1.87. The van der Waals surface area contributed by atoms with E-state index in [1.54, 1.807) is 6.08 Å². The maximum Gasteiger partial charge on any atom is 0.201 e. The van der Waals surface area contributed by atoms with Gasteiger partial charge in [0, 0.05) is 11.1 Å². The van der Waals surface area contributed by atoms with Crippen LogP contribution in [0, 0.1) is 40.8 Å². The zero-order valence-corrected chi connectivity index (χ0v) is 27.5. The van der Waals surface area contributed by atoms with Gasteiger partial charge < -0.3 is 14.2 Å². The van der Waals surface area contributed by atoms with Crippen molar-refractivity contribution >= 4 is 11.1 Å². The van der Waals surface area contributed by atoms with Gasteiger partial charge in [-0.2, -0.15) is 13.2 Å². The van der Waals surface area contributed by atoms with Crippen molar-refractivity contribution in [1.29, 1.82) is 0 Å². The molecule has 2 unspecified atom stereocenters. The summed E-state index contributed by atoms with van der Waals surface area (Å²) in [5.74, 6) is -6.73. The number of ether oxygens (including phenoxy) is 3. The Morgan fingerprint density at radius 2 is 1.06 bits per heavy atom. The number of rotatable bonds is 14. The maximum absolute atomic E-state index is 15.3. The van der Waals surface area contributed by atoms with Gasteiger partial charge in [-0.15, -0.1) is 0 Å². The van der Waals surface area contributed by atoms with Crippen LogP contribution in [0.2, 0.25) is 0 Å². The fourth-order valence-corrected chi connectivity index (χ4v) is 6.26. The third kappa shape index (κ3) is 8.04. The molecule has 0 saturated carbocycles. The summed E-state index contributed by atoms with van der Waals surface area (Å²) in [6, 6.07) is 8.86. The lowest BCUT2D eigenvalue weighted by atomic mass is 9.82. The van der Waals surface area contributed by atoms with E-state index in [2.05, 4.69) is 0 Å². The van der Waals surface area contributed by atoms with Gasteiger partial charge in [-0.1, -0.05) is 44.9 Å². The quantitative estimate of drug-likeness (QED) is 0.126. The van der Waals surface area contributed by atoms with Crippen LogP contribution >= 0.6 is 0 Å². The van der Waals surface area contributed by atoms with Crippen LogP contribution in [0.15, 0.2) is 48.6 Å². The van der Waals surface area contributed by atoms with E-state index in [9.17, 15) is 17.6 Å². The number of hydrogen-bond acceptors (Lipinski definition) is 3. The molecule has 3 aromatic carbocycles. The number of benzene rings is 3. The van der Waals surface area contributed by atoms with Crippen LogP contribution in [-0.4, -0.2) is 19.8 Å². The molecule has 0 aromatic heterocycles. The predicted molar refractivity (Wildman–Crippen MR) is 175 cm³/mol. The summed E-state index contributed by atoms with van der Waals surface area (Å²) < 4.78 is 106. The van der Waals surface area contributed by atoms with Crippen LogP contribution in [0.25, 0.3) is 11.1 Å². The van der Waals surface area contributed by atoms with Gasteiger partial charge in [-0.3, -0.25) is 0 Å². The van der Waals surface area contributed by atoms with Crippen LogP contribution in [0.1, 0.15) is 101 Å². The highest BCUT2D eigenvalue weighted by atomic mass is 19.2. The summed E-state index contributed by atoms with van der Waals surface area (Å²) in [7, 11) is 0. The minimum absolute atomic E-state index is 0.00968. The molecule has 0 spiro atoms. The van der Waals surface area contributed by atoms with Crippen molar-refractivity contribution in [2.24, 2.45) is 5.92 Å². The van der Waals surface area contributed by atoms with Gasteiger partial charge in [0.25, 0.3) is 0 Å². The summed E-state index contributed by atoms with van der Waals surface area (Å²) in [6.07, 6.45) is 9.61. The fraction of sp³-hybridized carbons (Fsp3) is 0.436. The van der Waals surface area contributed by atoms with Crippen LogP contribution in [0.3, 0.4) is 0 Å². The highest BCUT2D eigenvalue weighted by Gasteiger charge is 2.27. The molecule has 48 heavy (non-hydrogen) atoms. The largest absolute Gasteiger partial charge is 0.490 e. The molecule has 0 heterocycles. The molecule has 0 fully saturated rings. The molecule has 9 heteroatoms. The van der Waals surface area contributed by atoms with E-state index in [1.165, 1.54) is 36.4 Å². The molecule has 2 aliphatic carbocycles. The molecule has 2 aliphatic rings. The molecule has 2 atom stereocenters. The molecule has 0 radical (unpaired) electrons. The highest BCUT2D eigenvalue weighted by molar-refractivity contribution is 5.68. The summed E-state index contributed by atoms with van der Waals surface area (Å²) in [4.78, 5) is 0. The molecule has 0 N–H and O–H groups in total. The van der Waals surface area contributed by atoms with Crippen LogP contribution in [0.5, 0.6) is 17.2 Å². The molecule has 3 aromatic rings.